The van der Waals surface area contributed by atoms with E-state index >= 15 is 0 Å². The third-order valence-corrected chi connectivity index (χ3v) is 7.09. The van der Waals surface area contributed by atoms with Gasteiger partial charge >= 0.3 is 11.9 Å². The van der Waals surface area contributed by atoms with Gasteiger partial charge in [-0.05, 0) is 91.0 Å². The normalized spacial score (nSPS) is 12.5. The first kappa shape index (κ1) is 35.3. The summed E-state index contributed by atoms with van der Waals surface area (Å²) in [5, 5.41) is 0. The van der Waals surface area contributed by atoms with Gasteiger partial charge in [0.25, 0.3) is 0 Å². The Morgan fingerprint density at radius 3 is 1.72 bits per heavy atom. The Labute approximate surface area is 257 Å². The number of rotatable bonds is 11. The molecular weight excluding hydrogens is 540 g/mol. The van der Waals surface area contributed by atoms with Gasteiger partial charge in [0.05, 0.1) is 17.4 Å². The SMILES string of the molecule is C=CC(C)(C)c1cc(/C=C/C(=O)c2ccc(OC(=O)C(C)(C)C)cc2)c(OCC)c(C(C)(C)C=C)c1OC(=O)C(C)(C)C. The Morgan fingerprint density at radius 2 is 1.26 bits per heavy atom. The zero-order valence-electron chi connectivity index (χ0n) is 27.8. The number of carbonyl (C=O) groups is 3. The van der Waals surface area contributed by atoms with E-state index in [0.29, 0.717) is 40.5 Å². The van der Waals surface area contributed by atoms with Crippen molar-refractivity contribution >= 4 is 23.8 Å². The zero-order valence-corrected chi connectivity index (χ0v) is 27.8. The molecule has 0 spiro atoms. The second-order valence-electron chi connectivity index (χ2n) is 13.8. The number of ketones is 1. The monoisotopic (exact) mass is 588 g/mol. The number of allylic oxidation sites excluding steroid dienone is 3. The number of ether oxygens (including phenoxy) is 3. The lowest BCUT2D eigenvalue weighted by molar-refractivity contribution is -0.143. The summed E-state index contributed by atoms with van der Waals surface area (Å²) < 4.78 is 17.8. The molecule has 0 aliphatic carbocycles. The maximum absolute atomic E-state index is 13.2. The number of carbonyl (C=O) groups excluding carboxylic acids is 3. The highest BCUT2D eigenvalue weighted by Gasteiger charge is 2.36. The molecule has 0 heterocycles. The molecule has 0 aromatic heterocycles. The Morgan fingerprint density at radius 1 is 0.744 bits per heavy atom. The molecule has 0 saturated heterocycles. The minimum Gasteiger partial charge on any atom is -0.493 e. The van der Waals surface area contributed by atoms with Crippen LogP contribution in [0.5, 0.6) is 17.2 Å². The predicted molar refractivity (Wildman–Crippen MR) is 174 cm³/mol. The molecule has 43 heavy (non-hydrogen) atoms. The van der Waals surface area contributed by atoms with E-state index < -0.39 is 21.7 Å². The van der Waals surface area contributed by atoms with Crippen LogP contribution in [-0.4, -0.2) is 24.3 Å². The maximum Gasteiger partial charge on any atom is 0.316 e. The van der Waals surface area contributed by atoms with Crippen LogP contribution in [0.4, 0.5) is 0 Å². The molecule has 0 fully saturated rings. The standard InChI is InChI=1S/C37H48O6/c1-14-36(10,11)27-23-25(19-22-28(38)24-17-20-26(21-18-24)42-32(39)34(4,5)6)30(41-16-3)29(37(12,13)15-2)31(27)43-33(40)35(7,8)9/h14-15,17-23H,1-2,16H2,3-13H3/b22-19+. The lowest BCUT2D eigenvalue weighted by Gasteiger charge is -2.33. The fraction of sp³-hybridized carbons (Fsp3) is 0.432. The summed E-state index contributed by atoms with van der Waals surface area (Å²) >= 11 is 0. The summed E-state index contributed by atoms with van der Waals surface area (Å²) in [5.41, 5.74) is -0.196. The first-order chi connectivity index (χ1) is 19.7. The van der Waals surface area contributed by atoms with Crippen LogP contribution in [0, 0.1) is 10.8 Å². The number of benzene rings is 2. The van der Waals surface area contributed by atoms with E-state index in [9.17, 15) is 14.4 Å². The molecule has 0 aliphatic rings. The molecule has 232 valence electrons. The van der Waals surface area contributed by atoms with Crippen molar-refractivity contribution in [2.75, 3.05) is 6.61 Å². The highest BCUT2D eigenvalue weighted by atomic mass is 16.5. The minimum atomic E-state index is -0.747. The third-order valence-electron chi connectivity index (χ3n) is 7.09. The highest BCUT2D eigenvalue weighted by molar-refractivity contribution is 6.07. The van der Waals surface area contributed by atoms with Crippen LogP contribution in [-0.2, 0) is 20.4 Å². The summed E-state index contributed by atoms with van der Waals surface area (Å²) in [6.45, 7) is 29.0. The predicted octanol–water partition coefficient (Wildman–Crippen LogP) is 8.81. The first-order valence-electron chi connectivity index (χ1n) is 14.6. The molecule has 2 aromatic rings. The quantitative estimate of drug-likeness (QED) is 0.0858. The van der Waals surface area contributed by atoms with E-state index in [-0.39, 0.29) is 17.7 Å². The van der Waals surface area contributed by atoms with Crippen LogP contribution < -0.4 is 14.2 Å². The molecule has 2 rings (SSSR count). The van der Waals surface area contributed by atoms with Crippen molar-refractivity contribution in [2.24, 2.45) is 10.8 Å². The van der Waals surface area contributed by atoms with Crippen molar-refractivity contribution in [1.82, 2.24) is 0 Å². The average Bonchev–Trinajstić information content (AvgIpc) is 2.91. The van der Waals surface area contributed by atoms with Crippen molar-refractivity contribution in [3.05, 3.63) is 84.0 Å². The van der Waals surface area contributed by atoms with Crippen molar-refractivity contribution < 1.29 is 28.6 Å². The van der Waals surface area contributed by atoms with Gasteiger partial charge in [-0.25, -0.2) is 0 Å². The molecule has 0 N–H and O–H groups in total. The lowest BCUT2D eigenvalue weighted by atomic mass is 9.76. The van der Waals surface area contributed by atoms with Crippen molar-refractivity contribution in [3.8, 4) is 17.2 Å². The molecular formula is C37H48O6. The molecule has 0 unspecified atom stereocenters. The molecule has 0 bridgehead atoms. The van der Waals surface area contributed by atoms with Crippen LogP contribution >= 0.6 is 0 Å². The summed E-state index contributed by atoms with van der Waals surface area (Å²) in [6, 6.07) is 8.33. The van der Waals surface area contributed by atoms with Crippen molar-refractivity contribution in [1.29, 1.82) is 0 Å². The van der Waals surface area contributed by atoms with Gasteiger partial charge in [0.2, 0.25) is 0 Å². The van der Waals surface area contributed by atoms with E-state index in [2.05, 4.69) is 13.2 Å². The van der Waals surface area contributed by atoms with Crippen LogP contribution in [0.3, 0.4) is 0 Å². The summed E-state index contributed by atoms with van der Waals surface area (Å²) in [6.07, 6.45) is 6.77. The Bertz CT molecular complexity index is 1410. The van der Waals surface area contributed by atoms with Gasteiger partial charge in [-0.3, -0.25) is 14.4 Å². The number of hydrogen-bond acceptors (Lipinski definition) is 6. The van der Waals surface area contributed by atoms with Gasteiger partial charge in [-0.15, -0.1) is 13.2 Å². The van der Waals surface area contributed by atoms with E-state index in [1.165, 1.54) is 6.08 Å². The lowest BCUT2D eigenvalue weighted by Crippen LogP contribution is -2.30. The van der Waals surface area contributed by atoms with Crippen molar-refractivity contribution in [3.63, 3.8) is 0 Å². The van der Waals surface area contributed by atoms with Crippen LogP contribution in [0.1, 0.15) is 103 Å². The fourth-order valence-corrected chi connectivity index (χ4v) is 3.93. The summed E-state index contributed by atoms with van der Waals surface area (Å²) in [7, 11) is 0. The van der Waals surface area contributed by atoms with Gasteiger partial charge in [0.1, 0.15) is 17.2 Å². The van der Waals surface area contributed by atoms with E-state index in [0.717, 1.165) is 5.56 Å². The van der Waals surface area contributed by atoms with Crippen LogP contribution in [0.2, 0.25) is 0 Å². The summed E-state index contributed by atoms with van der Waals surface area (Å²) in [5.74, 6) is 0.291. The molecule has 2 aromatic carbocycles. The third kappa shape index (κ3) is 8.56. The topological polar surface area (TPSA) is 78.9 Å². The molecule has 0 radical (unpaired) electrons. The molecule has 0 aliphatic heterocycles. The van der Waals surface area contributed by atoms with Gasteiger partial charge in [-0.2, -0.15) is 0 Å². The van der Waals surface area contributed by atoms with E-state index in [1.54, 1.807) is 84.0 Å². The zero-order chi connectivity index (χ0) is 33.0. The second-order valence-corrected chi connectivity index (χ2v) is 13.8. The molecule has 0 amide bonds. The second kappa shape index (κ2) is 13.2. The van der Waals surface area contributed by atoms with Crippen LogP contribution in [0.25, 0.3) is 6.08 Å². The Kier molecular flexibility index (Phi) is 10.8. The number of hydrogen-bond donors (Lipinski definition) is 0. The largest absolute Gasteiger partial charge is 0.493 e. The van der Waals surface area contributed by atoms with Crippen LogP contribution in [0.15, 0.2) is 61.7 Å². The van der Waals surface area contributed by atoms with Gasteiger partial charge in [0, 0.05) is 33.1 Å². The molecule has 6 heteroatoms. The molecule has 0 atom stereocenters. The molecule has 0 saturated carbocycles. The first-order valence-corrected chi connectivity index (χ1v) is 14.6. The van der Waals surface area contributed by atoms with Gasteiger partial charge < -0.3 is 14.2 Å². The van der Waals surface area contributed by atoms with Gasteiger partial charge in [0.15, 0.2) is 5.78 Å². The van der Waals surface area contributed by atoms with E-state index in [1.807, 2.05) is 40.7 Å². The molecule has 6 nitrogen and oxygen atoms in total. The number of esters is 2. The summed E-state index contributed by atoms with van der Waals surface area (Å²) in [4.78, 5) is 38.7. The highest BCUT2D eigenvalue weighted by Crippen LogP contribution is 2.48. The fourth-order valence-electron chi connectivity index (χ4n) is 3.93. The Balaban J connectivity index is 2.73. The van der Waals surface area contributed by atoms with E-state index in [4.69, 9.17) is 14.2 Å². The van der Waals surface area contributed by atoms with Gasteiger partial charge in [-0.1, -0.05) is 39.8 Å². The van der Waals surface area contributed by atoms with Crippen molar-refractivity contribution in [2.45, 2.75) is 87.0 Å². The average molecular weight is 589 g/mol. The maximum atomic E-state index is 13.2. The smallest absolute Gasteiger partial charge is 0.316 e. The minimum absolute atomic E-state index is 0.242. The Hall–Kier alpha value is -3.93.